The first-order chi connectivity index (χ1) is 15.1. The number of amides is 1. The van der Waals surface area contributed by atoms with Gasteiger partial charge in [-0.15, -0.1) is 0 Å². The first kappa shape index (κ1) is 24.0. The molecule has 1 aromatic heterocycles. The maximum absolute atomic E-state index is 13.6. The molecule has 2 heterocycles. The summed E-state index contributed by atoms with van der Waals surface area (Å²) >= 11 is 0. The third kappa shape index (κ3) is 5.76. The van der Waals surface area contributed by atoms with Crippen LogP contribution in [-0.2, 0) is 11.0 Å². The zero-order valence-corrected chi connectivity index (χ0v) is 18.5. The Morgan fingerprint density at radius 2 is 1.84 bits per heavy atom. The minimum Gasteiger partial charge on any atom is -0.345 e. The number of carbonyl (C=O) groups is 1. The van der Waals surface area contributed by atoms with Crippen molar-refractivity contribution in [3.63, 3.8) is 0 Å². The summed E-state index contributed by atoms with van der Waals surface area (Å²) in [5.41, 5.74) is 0.0314. The molecule has 2 aromatic rings. The van der Waals surface area contributed by atoms with E-state index in [9.17, 15) is 22.4 Å². The summed E-state index contributed by atoms with van der Waals surface area (Å²) in [6, 6.07) is 7.07. The Morgan fingerprint density at radius 3 is 2.47 bits per heavy atom. The SMILES string of the molecule is Cc1cc(C(F)(F)F)cc(N2CCC[C@H]2C(=O)N(CCCN(C)C)c2ccc(F)cc2)n1. The maximum Gasteiger partial charge on any atom is 0.416 e. The normalized spacial score (nSPS) is 16.6. The van der Waals surface area contributed by atoms with Crippen molar-refractivity contribution in [2.24, 2.45) is 0 Å². The smallest absolute Gasteiger partial charge is 0.345 e. The first-order valence-electron chi connectivity index (χ1n) is 10.6. The lowest BCUT2D eigenvalue weighted by atomic mass is 10.1. The molecule has 32 heavy (non-hydrogen) atoms. The lowest BCUT2D eigenvalue weighted by molar-refractivity contribution is -0.137. The van der Waals surface area contributed by atoms with Gasteiger partial charge >= 0.3 is 6.18 Å². The molecular weight excluding hydrogens is 424 g/mol. The summed E-state index contributed by atoms with van der Waals surface area (Å²) in [6.07, 6.45) is -2.61. The second-order valence-corrected chi connectivity index (χ2v) is 8.33. The molecule has 1 aromatic carbocycles. The summed E-state index contributed by atoms with van der Waals surface area (Å²) in [5.74, 6) is -0.467. The fourth-order valence-electron chi connectivity index (χ4n) is 3.97. The molecule has 0 bridgehead atoms. The van der Waals surface area contributed by atoms with E-state index in [-0.39, 0.29) is 17.4 Å². The lowest BCUT2D eigenvalue weighted by Gasteiger charge is -2.31. The van der Waals surface area contributed by atoms with E-state index in [1.807, 2.05) is 19.0 Å². The molecule has 0 saturated carbocycles. The van der Waals surface area contributed by atoms with E-state index in [2.05, 4.69) is 4.98 Å². The second-order valence-electron chi connectivity index (χ2n) is 8.33. The van der Waals surface area contributed by atoms with Crippen LogP contribution in [0.1, 0.15) is 30.5 Å². The summed E-state index contributed by atoms with van der Waals surface area (Å²) in [7, 11) is 3.87. The van der Waals surface area contributed by atoms with Crippen molar-refractivity contribution in [3.8, 4) is 0 Å². The van der Waals surface area contributed by atoms with Crippen LogP contribution in [0.15, 0.2) is 36.4 Å². The standard InChI is InChI=1S/C23H28F4N4O/c1-16-14-17(23(25,26)27)15-21(28-16)31-12-4-6-20(31)22(32)30(13-5-11-29(2)3)19-9-7-18(24)8-10-19/h7-10,14-15,20H,4-6,11-13H2,1-3H3/t20-/m0/s1. The van der Waals surface area contributed by atoms with E-state index >= 15 is 0 Å². The van der Waals surface area contributed by atoms with Crippen molar-refractivity contribution in [2.75, 3.05) is 43.5 Å². The third-order valence-electron chi connectivity index (χ3n) is 5.49. The minimum absolute atomic E-state index is 0.153. The Bertz CT molecular complexity index is 931. The van der Waals surface area contributed by atoms with Gasteiger partial charge in [-0.3, -0.25) is 4.79 Å². The van der Waals surface area contributed by atoms with Gasteiger partial charge in [-0.05, 0) is 83.2 Å². The fourth-order valence-corrected chi connectivity index (χ4v) is 3.97. The molecule has 1 atom stereocenters. The number of carbonyl (C=O) groups excluding carboxylic acids is 1. The molecule has 174 valence electrons. The maximum atomic E-state index is 13.6. The molecule has 5 nitrogen and oxygen atoms in total. The molecule has 0 spiro atoms. The number of halogens is 4. The van der Waals surface area contributed by atoms with Gasteiger partial charge in [0.15, 0.2) is 0 Å². The monoisotopic (exact) mass is 452 g/mol. The van der Waals surface area contributed by atoms with E-state index in [0.29, 0.717) is 38.0 Å². The molecular formula is C23H28F4N4O. The molecule has 0 radical (unpaired) electrons. The molecule has 1 aliphatic heterocycles. The number of benzene rings is 1. The van der Waals surface area contributed by atoms with Crippen LogP contribution in [0, 0.1) is 12.7 Å². The van der Waals surface area contributed by atoms with Crippen LogP contribution in [-0.4, -0.2) is 55.6 Å². The molecule has 0 N–H and O–H groups in total. The van der Waals surface area contributed by atoms with Crippen LogP contribution >= 0.6 is 0 Å². The summed E-state index contributed by atoms with van der Waals surface area (Å²) < 4.78 is 53.4. The summed E-state index contributed by atoms with van der Waals surface area (Å²) in [6.45, 7) is 3.13. The van der Waals surface area contributed by atoms with Crippen LogP contribution in [0.4, 0.5) is 29.1 Å². The number of nitrogens with zero attached hydrogens (tertiary/aromatic N) is 4. The van der Waals surface area contributed by atoms with Gasteiger partial charge in [0, 0.05) is 24.5 Å². The Balaban J connectivity index is 1.89. The van der Waals surface area contributed by atoms with Gasteiger partial charge < -0.3 is 14.7 Å². The topological polar surface area (TPSA) is 39.7 Å². The molecule has 9 heteroatoms. The quantitative estimate of drug-likeness (QED) is 0.580. The Morgan fingerprint density at radius 1 is 1.16 bits per heavy atom. The van der Waals surface area contributed by atoms with Gasteiger partial charge in [0.25, 0.3) is 0 Å². The molecule has 0 aliphatic carbocycles. The highest BCUT2D eigenvalue weighted by Gasteiger charge is 2.37. The van der Waals surface area contributed by atoms with Crippen molar-refractivity contribution < 1.29 is 22.4 Å². The van der Waals surface area contributed by atoms with Crippen molar-refractivity contribution in [1.29, 1.82) is 0 Å². The number of aryl methyl sites for hydroxylation is 1. The number of anilines is 2. The molecule has 0 unspecified atom stereocenters. The van der Waals surface area contributed by atoms with Gasteiger partial charge in [-0.2, -0.15) is 13.2 Å². The Hall–Kier alpha value is -2.68. The highest BCUT2D eigenvalue weighted by molar-refractivity contribution is 5.99. The number of aromatic nitrogens is 1. The van der Waals surface area contributed by atoms with E-state index in [4.69, 9.17) is 0 Å². The predicted molar refractivity (Wildman–Crippen MR) is 116 cm³/mol. The van der Waals surface area contributed by atoms with Crippen molar-refractivity contribution in [2.45, 2.75) is 38.4 Å². The number of rotatable bonds is 7. The zero-order chi connectivity index (χ0) is 23.5. The van der Waals surface area contributed by atoms with Crippen LogP contribution < -0.4 is 9.80 Å². The fraction of sp³-hybridized carbons (Fsp3) is 0.478. The molecule has 1 fully saturated rings. The highest BCUT2D eigenvalue weighted by Crippen LogP contribution is 2.34. The van der Waals surface area contributed by atoms with E-state index in [0.717, 1.165) is 18.7 Å². The molecule has 1 aliphatic rings. The summed E-state index contributed by atoms with van der Waals surface area (Å²) in [4.78, 5) is 23.1. The van der Waals surface area contributed by atoms with Gasteiger partial charge in [0.1, 0.15) is 17.7 Å². The van der Waals surface area contributed by atoms with E-state index in [1.165, 1.54) is 19.1 Å². The lowest BCUT2D eigenvalue weighted by Crippen LogP contribution is -2.47. The van der Waals surface area contributed by atoms with Gasteiger partial charge in [-0.25, -0.2) is 9.37 Å². The molecule has 1 amide bonds. The minimum atomic E-state index is -4.49. The van der Waals surface area contributed by atoms with Crippen LogP contribution in [0.3, 0.4) is 0 Å². The van der Waals surface area contributed by atoms with Gasteiger partial charge in [0.05, 0.1) is 5.56 Å². The molecule has 3 rings (SSSR count). The average Bonchev–Trinajstić information content (AvgIpc) is 3.20. The van der Waals surface area contributed by atoms with Crippen LogP contribution in [0.25, 0.3) is 0 Å². The van der Waals surface area contributed by atoms with Gasteiger partial charge in [0.2, 0.25) is 5.91 Å². The number of hydrogen-bond acceptors (Lipinski definition) is 4. The number of hydrogen-bond donors (Lipinski definition) is 0. The number of alkyl halides is 3. The third-order valence-corrected chi connectivity index (χ3v) is 5.49. The number of pyridine rings is 1. The first-order valence-corrected chi connectivity index (χ1v) is 10.6. The van der Waals surface area contributed by atoms with Crippen molar-refractivity contribution in [3.05, 3.63) is 53.5 Å². The largest absolute Gasteiger partial charge is 0.416 e. The van der Waals surface area contributed by atoms with Crippen molar-refractivity contribution >= 4 is 17.4 Å². The van der Waals surface area contributed by atoms with Gasteiger partial charge in [-0.1, -0.05) is 0 Å². The Kier molecular flexibility index (Phi) is 7.38. The zero-order valence-electron chi connectivity index (χ0n) is 18.5. The summed E-state index contributed by atoms with van der Waals surface area (Å²) in [5, 5.41) is 0. The average molecular weight is 452 g/mol. The van der Waals surface area contributed by atoms with E-state index < -0.39 is 23.6 Å². The predicted octanol–water partition coefficient (Wildman–Crippen LogP) is 4.50. The molecule has 1 saturated heterocycles. The second kappa shape index (κ2) is 9.85. The van der Waals surface area contributed by atoms with Crippen LogP contribution in [0.2, 0.25) is 0 Å². The van der Waals surface area contributed by atoms with Crippen LogP contribution in [0.5, 0.6) is 0 Å². The highest BCUT2D eigenvalue weighted by atomic mass is 19.4. The van der Waals surface area contributed by atoms with Crippen molar-refractivity contribution in [1.82, 2.24) is 9.88 Å². The van der Waals surface area contributed by atoms with E-state index in [1.54, 1.807) is 21.9 Å². The Labute approximate surface area is 185 Å².